The summed E-state index contributed by atoms with van der Waals surface area (Å²) < 4.78 is 8.71. The second-order valence-corrected chi connectivity index (χ2v) is 12.2. The van der Waals surface area contributed by atoms with Gasteiger partial charge in [0.1, 0.15) is 11.2 Å². The number of aromatic nitrogens is 3. The maximum absolute atomic E-state index is 6.34. The lowest BCUT2D eigenvalue weighted by Crippen LogP contribution is -1.97. The second kappa shape index (κ2) is 10.5. The highest BCUT2D eigenvalue weighted by molar-refractivity contribution is 6.28. The van der Waals surface area contributed by atoms with Crippen molar-refractivity contribution < 1.29 is 4.42 Å². The Labute approximate surface area is 276 Å². The van der Waals surface area contributed by atoms with E-state index in [2.05, 4.69) is 120 Å². The van der Waals surface area contributed by atoms with E-state index in [0.717, 1.165) is 66.7 Å². The van der Waals surface area contributed by atoms with Gasteiger partial charge in [-0.05, 0) is 71.4 Å². The van der Waals surface area contributed by atoms with Crippen LogP contribution in [0.3, 0.4) is 0 Å². The molecule has 10 rings (SSSR count). The van der Waals surface area contributed by atoms with Crippen LogP contribution in [0.1, 0.15) is 0 Å². The summed E-state index contributed by atoms with van der Waals surface area (Å²) in [5.41, 5.74) is 10.0. The van der Waals surface area contributed by atoms with E-state index in [1.807, 2.05) is 48.5 Å². The molecule has 0 saturated heterocycles. The summed E-state index contributed by atoms with van der Waals surface area (Å²) >= 11 is 0. The van der Waals surface area contributed by atoms with Crippen molar-refractivity contribution in [1.82, 2.24) is 14.5 Å². The Morgan fingerprint density at radius 2 is 1.04 bits per heavy atom. The summed E-state index contributed by atoms with van der Waals surface area (Å²) in [6, 6.07) is 57.2. The predicted molar refractivity (Wildman–Crippen MR) is 197 cm³/mol. The van der Waals surface area contributed by atoms with Crippen LogP contribution in [-0.4, -0.2) is 14.5 Å². The van der Waals surface area contributed by atoms with Crippen molar-refractivity contribution in [1.29, 1.82) is 0 Å². The first-order valence-corrected chi connectivity index (χ1v) is 16.2. The van der Waals surface area contributed by atoms with E-state index in [1.54, 1.807) is 0 Å². The third-order valence-electron chi connectivity index (χ3n) is 9.39. The molecule has 0 unspecified atom stereocenters. The molecule has 0 aliphatic heterocycles. The number of furan rings is 1. The van der Waals surface area contributed by atoms with Crippen LogP contribution in [0.5, 0.6) is 0 Å². The second-order valence-electron chi connectivity index (χ2n) is 12.2. The van der Waals surface area contributed by atoms with Gasteiger partial charge in [-0.25, -0.2) is 9.97 Å². The molecule has 4 nitrogen and oxygen atoms in total. The van der Waals surface area contributed by atoms with Crippen molar-refractivity contribution in [3.8, 4) is 39.6 Å². The summed E-state index contributed by atoms with van der Waals surface area (Å²) in [5.74, 6) is 0.696. The number of hydrogen-bond acceptors (Lipinski definition) is 3. The van der Waals surface area contributed by atoms with E-state index >= 15 is 0 Å². The van der Waals surface area contributed by atoms with Gasteiger partial charge in [0.2, 0.25) is 0 Å². The molecule has 7 aromatic carbocycles. The maximum atomic E-state index is 6.34. The van der Waals surface area contributed by atoms with Crippen molar-refractivity contribution in [2.45, 2.75) is 0 Å². The monoisotopic (exact) mass is 613 g/mol. The quantitative estimate of drug-likeness (QED) is 0.198. The largest absolute Gasteiger partial charge is 0.456 e. The van der Waals surface area contributed by atoms with Gasteiger partial charge in [-0.2, -0.15) is 0 Å². The predicted octanol–water partition coefficient (Wildman–Crippen LogP) is 11.6. The zero-order chi connectivity index (χ0) is 31.6. The minimum absolute atomic E-state index is 0.696. The van der Waals surface area contributed by atoms with E-state index in [0.29, 0.717) is 5.82 Å². The van der Waals surface area contributed by atoms with Crippen molar-refractivity contribution in [2.24, 2.45) is 0 Å². The minimum Gasteiger partial charge on any atom is -0.456 e. The molecule has 3 heterocycles. The van der Waals surface area contributed by atoms with Gasteiger partial charge < -0.3 is 8.98 Å². The fourth-order valence-electron chi connectivity index (χ4n) is 7.14. The number of benzene rings is 7. The van der Waals surface area contributed by atoms with Crippen molar-refractivity contribution in [3.05, 3.63) is 164 Å². The first-order chi connectivity index (χ1) is 23.8. The Morgan fingerprint density at radius 3 is 1.75 bits per heavy atom. The van der Waals surface area contributed by atoms with Crippen molar-refractivity contribution in [3.63, 3.8) is 0 Å². The van der Waals surface area contributed by atoms with Crippen molar-refractivity contribution in [2.75, 3.05) is 0 Å². The molecule has 3 aromatic heterocycles. The normalized spacial score (nSPS) is 11.8. The highest BCUT2D eigenvalue weighted by Crippen LogP contribution is 2.42. The van der Waals surface area contributed by atoms with Gasteiger partial charge in [-0.1, -0.05) is 103 Å². The van der Waals surface area contributed by atoms with Crippen LogP contribution < -0.4 is 0 Å². The standard InChI is InChI=1S/C44H27N3O/c1-3-11-28(12-4-1)36-27-37(29-13-5-2-6-14-29)46-44(45-36)30-19-21-33(22-20-30)47-38-23-24-41-43(34-17-9-10-18-40(34)48-41)42(38)35-25-31-15-7-8-16-32(31)26-39(35)47/h1-27H. The minimum atomic E-state index is 0.696. The molecular formula is C44H27N3O. The molecule has 48 heavy (non-hydrogen) atoms. The number of fused-ring (bicyclic) bond motifs is 8. The average Bonchev–Trinajstić information content (AvgIpc) is 3.69. The molecule has 0 atom stereocenters. The Hall–Kier alpha value is -6.52. The molecule has 0 aliphatic carbocycles. The third kappa shape index (κ3) is 4.16. The summed E-state index contributed by atoms with van der Waals surface area (Å²) in [5, 5.41) is 7.11. The van der Waals surface area contributed by atoms with E-state index < -0.39 is 0 Å². The van der Waals surface area contributed by atoms with Gasteiger partial charge in [0.05, 0.1) is 22.4 Å². The number of para-hydroxylation sites is 1. The Balaban J connectivity index is 1.19. The van der Waals surface area contributed by atoms with Gasteiger partial charge in [-0.15, -0.1) is 0 Å². The van der Waals surface area contributed by atoms with Crippen LogP contribution in [-0.2, 0) is 0 Å². The van der Waals surface area contributed by atoms with Crippen LogP contribution in [0.25, 0.3) is 94.1 Å². The van der Waals surface area contributed by atoms with Crippen LogP contribution in [0, 0.1) is 0 Å². The molecule has 0 fully saturated rings. The summed E-state index contributed by atoms with van der Waals surface area (Å²) in [4.78, 5) is 10.1. The first-order valence-electron chi connectivity index (χ1n) is 16.2. The Kier molecular flexibility index (Phi) is 5.84. The van der Waals surface area contributed by atoms with Gasteiger partial charge in [0.25, 0.3) is 0 Å². The lowest BCUT2D eigenvalue weighted by Gasteiger charge is -2.11. The zero-order valence-electron chi connectivity index (χ0n) is 25.8. The first kappa shape index (κ1) is 26.7. The molecule has 0 amide bonds. The van der Waals surface area contributed by atoms with E-state index in [9.17, 15) is 0 Å². The third-order valence-corrected chi connectivity index (χ3v) is 9.39. The molecule has 0 bridgehead atoms. The average molecular weight is 614 g/mol. The zero-order valence-corrected chi connectivity index (χ0v) is 25.8. The lowest BCUT2D eigenvalue weighted by molar-refractivity contribution is 0.669. The van der Waals surface area contributed by atoms with Crippen LogP contribution in [0.15, 0.2) is 168 Å². The highest BCUT2D eigenvalue weighted by atomic mass is 16.3. The molecular weight excluding hydrogens is 587 g/mol. The Morgan fingerprint density at radius 1 is 0.417 bits per heavy atom. The highest BCUT2D eigenvalue weighted by Gasteiger charge is 2.20. The van der Waals surface area contributed by atoms with E-state index in [1.165, 1.54) is 21.5 Å². The molecule has 0 spiro atoms. The van der Waals surface area contributed by atoms with Gasteiger partial charge in [0.15, 0.2) is 5.82 Å². The summed E-state index contributed by atoms with van der Waals surface area (Å²) in [6.07, 6.45) is 0. The SMILES string of the molecule is c1ccc(-c2cc(-c3ccccc3)nc(-c3ccc(-n4c5cc6ccccc6cc5c5c6c(ccc54)oc4ccccc46)cc3)n2)cc1. The van der Waals surface area contributed by atoms with Crippen LogP contribution >= 0.6 is 0 Å². The van der Waals surface area contributed by atoms with Crippen LogP contribution in [0.2, 0.25) is 0 Å². The van der Waals surface area contributed by atoms with Gasteiger partial charge in [0, 0.05) is 43.9 Å². The van der Waals surface area contributed by atoms with Crippen molar-refractivity contribution >= 4 is 54.5 Å². The van der Waals surface area contributed by atoms with Crippen LogP contribution in [0.4, 0.5) is 0 Å². The fraction of sp³-hybridized carbons (Fsp3) is 0. The van der Waals surface area contributed by atoms with Gasteiger partial charge >= 0.3 is 0 Å². The number of nitrogens with zero attached hydrogens (tertiary/aromatic N) is 3. The molecule has 0 saturated carbocycles. The molecule has 224 valence electrons. The number of rotatable bonds is 4. The van der Waals surface area contributed by atoms with E-state index in [4.69, 9.17) is 14.4 Å². The van der Waals surface area contributed by atoms with E-state index in [-0.39, 0.29) is 0 Å². The smallest absolute Gasteiger partial charge is 0.160 e. The molecule has 0 aliphatic rings. The summed E-state index contributed by atoms with van der Waals surface area (Å²) in [7, 11) is 0. The molecule has 0 radical (unpaired) electrons. The lowest BCUT2D eigenvalue weighted by atomic mass is 10.0. The fourth-order valence-corrected chi connectivity index (χ4v) is 7.14. The topological polar surface area (TPSA) is 43.9 Å². The molecule has 4 heteroatoms. The molecule has 0 N–H and O–H groups in total. The molecule has 10 aromatic rings. The van der Waals surface area contributed by atoms with Gasteiger partial charge in [-0.3, -0.25) is 0 Å². The number of hydrogen-bond donors (Lipinski definition) is 0. The maximum Gasteiger partial charge on any atom is 0.160 e. The summed E-state index contributed by atoms with van der Waals surface area (Å²) in [6.45, 7) is 0. The Bertz CT molecular complexity index is 2760.